The minimum atomic E-state index is -3.31. The topological polar surface area (TPSA) is 86.8 Å². The molecule has 0 aromatic heterocycles. The Hall–Kier alpha value is -2.16. The Balaban J connectivity index is 1.72. The molecule has 0 radical (unpaired) electrons. The highest BCUT2D eigenvalue weighted by molar-refractivity contribution is 7.91. The maximum absolute atomic E-state index is 13.7. The van der Waals surface area contributed by atoms with E-state index in [9.17, 15) is 22.4 Å². The van der Waals surface area contributed by atoms with E-state index in [4.69, 9.17) is 0 Å². The second-order valence-electron chi connectivity index (χ2n) is 6.37. The molecule has 2 fully saturated rings. The second-order valence-corrected chi connectivity index (χ2v) is 8.52. The predicted octanol–water partition coefficient (Wildman–Crippen LogP) is 0.365. The van der Waals surface area contributed by atoms with Crippen LogP contribution in [0.2, 0.25) is 0 Å². The number of amides is 3. The average Bonchev–Trinajstić information content (AvgIpc) is 2.87. The third-order valence-corrected chi connectivity index (χ3v) is 6.43. The van der Waals surface area contributed by atoms with Crippen LogP contribution in [0.4, 0.5) is 9.18 Å². The lowest BCUT2D eigenvalue weighted by Crippen LogP contribution is -2.63. The summed E-state index contributed by atoms with van der Waals surface area (Å²) in [5.41, 5.74) is 0.355. The van der Waals surface area contributed by atoms with Gasteiger partial charge in [0.15, 0.2) is 9.84 Å². The molecule has 2 atom stereocenters. The van der Waals surface area contributed by atoms with Crippen molar-refractivity contribution in [3.8, 4) is 0 Å². The highest BCUT2D eigenvalue weighted by Gasteiger charge is 2.48. The first-order valence-electron chi connectivity index (χ1n) is 8.04. The standard InChI is InChI=1S/C16H20FN3O4S/c1-11(21)19-6-7-20(15-10-25(23,24)9-14(15)19)16(22)18-8-12-4-2-3-5-13(12)17/h2-5,14-15H,6-10H2,1H3,(H,18,22)/t14-,15+/m0/s1. The number of rotatable bonds is 2. The van der Waals surface area contributed by atoms with Crippen molar-refractivity contribution in [1.82, 2.24) is 15.1 Å². The number of fused-ring (bicyclic) bond motifs is 1. The van der Waals surface area contributed by atoms with Crippen molar-refractivity contribution in [2.45, 2.75) is 25.6 Å². The molecule has 2 saturated heterocycles. The zero-order valence-corrected chi connectivity index (χ0v) is 14.6. The monoisotopic (exact) mass is 369 g/mol. The molecule has 3 rings (SSSR count). The summed E-state index contributed by atoms with van der Waals surface area (Å²) in [5.74, 6) is -0.896. The molecule has 2 aliphatic heterocycles. The lowest BCUT2D eigenvalue weighted by Gasteiger charge is -2.43. The summed E-state index contributed by atoms with van der Waals surface area (Å²) in [6, 6.07) is 4.60. The molecule has 0 spiro atoms. The largest absolute Gasteiger partial charge is 0.335 e. The minimum absolute atomic E-state index is 0.0164. The van der Waals surface area contributed by atoms with Crippen LogP contribution in [0.5, 0.6) is 0 Å². The van der Waals surface area contributed by atoms with E-state index < -0.39 is 33.8 Å². The number of urea groups is 1. The molecule has 7 nitrogen and oxygen atoms in total. The normalized spacial score (nSPS) is 24.7. The number of hydrogen-bond acceptors (Lipinski definition) is 4. The zero-order valence-electron chi connectivity index (χ0n) is 13.8. The maximum atomic E-state index is 13.7. The molecule has 0 saturated carbocycles. The summed E-state index contributed by atoms with van der Waals surface area (Å²) < 4.78 is 37.7. The van der Waals surface area contributed by atoms with Gasteiger partial charge in [-0.15, -0.1) is 0 Å². The summed E-state index contributed by atoms with van der Waals surface area (Å²) in [4.78, 5) is 27.2. The van der Waals surface area contributed by atoms with Gasteiger partial charge in [0.05, 0.1) is 23.6 Å². The van der Waals surface area contributed by atoms with Gasteiger partial charge in [-0.1, -0.05) is 18.2 Å². The van der Waals surface area contributed by atoms with E-state index >= 15 is 0 Å². The van der Waals surface area contributed by atoms with E-state index in [1.165, 1.54) is 22.8 Å². The van der Waals surface area contributed by atoms with Gasteiger partial charge in [0.2, 0.25) is 5.91 Å². The average molecular weight is 369 g/mol. The Morgan fingerprint density at radius 3 is 2.40 bits per heavy atom. The smallest absolute Gasteiger partial charge is 0.318 e. The second kappa shape index (κ2) is 6.62. The van der Waals surface area contributed by atoms with Crippen LogP contribution in [0.15, 0.2) is 24.3 Å². The number of benzene rings is 1. The van der Waals surface area contributed by atoms with Gasteiger partial charge in [0, 0.05) is 32.1 Å². The summed E-state index contributed by atoms with van der Waals surface area (Å²) in [7, 11) is -3.31. The Morgan fingerprint density at radius 1 is 1.16 bits per heavy atom. The Bertz CT molecular complexity index is 798. The fourth-order valence-electron chi connectivity index (χ4n) is 3.51. The molecule has 1 N–H and O–H groups in total. The van der Waals surface area contributed by atoms with Crippen LogP contribution < -0.4 is 5.32 Å². The Kier molecular flexibility index (Phi) is 4.68. The van der Waals surface area contributed by atoms with E-state index in [-0.39, 0.29) is 30.5 Å². The van der Waals surface area contributed by atoms with Crippen LogP contribution in [-0.2, 0) is 21.2 Å². The van der Waals surface area contributed by atoms with E-state index in [0.29, 0.717) is 12.1 Å². The van der Waals surface area contributed by atoms with Gasteiger partial charge in [0.25, 0.3) is 0 Å². The van der Waals surface area contributed by atoms with Crippen LogP contribution in [-0.4, -0.2) is 66.8 Å². The first kappa shape index (κ1) is 17.7. The van der Waals surface area contributed by atoms with Crippen molar-refractivity contribution in [2.75, 3.05) is 24.6 Å². The number of halogens is 1. The highest BCUT2D eigenvalue weighted by Crippen LogP contribution is 2.27. The fourth-order valence-corrected chi connectivity index (χ4v) is 5.49. The molecule has 9 heteroatoms. The highest BCUT2D eigenvalue weighted by atomic mass is 32.2. The van der Waals surface area contributed by atoms with Crippen molar-refractivity contribution in [2.24, 2.45) is 0 Å². The summed E-state index contributed by atoms with van der Waals surface area (Å²) in [5, 5.41) is 2.64. The van der Waals surface area contributed by atoms with Crippen molar-refractivity contribution in [3.05, 3.63) is 35.6 Å². The van der Waals surface area contributed by atoms with Crippen LogP contribution in [0.3, 0.4) is 0 Å². The molecular formula is C16H20FN3O4S. The first-order chi connectivity index (χ1) is 11.8. The molecule has 0 bridgehead atoms. The van der Waals surface area contributed by atoms with Gasteiger partial charge in [-0.3, -0.25) is 4.79 Å². The summed E-state index contributed by atoms with van der Waals surface area (Å²) >= 11 is 0. The van der Waals surface area contributed by atoms with Crippen LogP contribution in [0.25, 0.3) is 0 Å². The van der Waals surface area contributed by atoms with Crippen molar-refractivity contribution >= 4 is 21.8 Å². The molecule has 1 aromatic carbocycles. The maximum Gasteiger partial charge on any atom is 0.318 e. The van der Waals surface area contributed by atoms with Crippen LogP contribution in [0.1, 0.15) is 12.5 Å². The minimum Gasteiger partial charge on any atom is -0.335 e. The molecule has 0 aliphatic carbocycles. The number of piperazine rings is 1. The number of nitrogens with zero attached hydrogens (tertiary/aromatic N) is 2. The first-order valence-corrected chi connectivity index (χ1v) is 9.86. The molecule has 1 aromatic rings. The van der Waals surface area contributed by atoms with Gasteiger partial charge >= 0.3 is 6.03 Å². The van der Waals surface area contributed by atoms with E-state index in [1.807, 2.05) is 0 Å². The number of carbonyl (C=O) groups is 2. The Labute approximate surface area is 145 Å². The lowest BCUT2D eigenvalue weighted by molar-refractivity contribution is -0.133. The zero-order chi connectivity index (χ0) is 18.2. The number of sulfone groups is 1. The Morgan fingerprint density at radius 2 is 1.76 bits per heavy atom. The third kappa shape index (κ3) is 3.60. The fraction of sp³-hybridized carbons (Fsp3) is 0.500. The lowest BCUT2D eigenvalue weighted by atomic mass is 10.1. The van der Waals surface area contributed by atoms with Gasteiger partial charge in [-0.25, -0.2) is 17.6 Å². The van der Waals surface area contributed by atoms with Crippen LogP contribution >= 0.6 is 0 Å². The number of hydrogen-bond donors (Lipinski definition) is 1. The summed E-state index contributed by atoms with van der Waals surface area (Å²) in [6.45, 7) is 1.96. The van der Waals surface area contributed by atoms with Gasteiger partial charge in [-0.05, 0) is 6.07 Å². The summed E-state index contributed by atoms with van der Waals surface area (Å²) in [6.07, 6.45) is 0. The quantitative estimate of drug-likeness (QED) is 0.816. The third-order valence-electron chi connectivity index (χ3n) is 4.73. The molecule has 3 amide bonds. The molecule has 2 aliphatic rings. The molecule has 0 unspecified atom stereocenters. The molecule has 25 heavy (non-hydrogen) atoms. The number of carbonyl (C=O) groups excluding carboxylic acids is 2. The van der Waals surface area contributed by atoms with Gasteiger partial charge in [0.1, 0.15) is 5.82 Å². The van der Waals surface area contributed by atoms with Crippen molar-refractivity contribution in [3.63, 3.8) is 0 Å². The molecule has 2 heterocycles. The van der Waals surface area contributed by atoms with Gasteiger partial charge in [-0.2, -0.15) is 0 Å². The van der Waals surface area contributed by atoms with E-state index in [0.717, 1.165) is 0 Å². The molecular weight excluding hydrogens is 349 g/mol. The van der Waals surface area contributed by atoms with E-state index in [2.05, 4.69) is 5.32 Å². The predicted molar refractivity (Wildman–Crippen MR) is 89.0 cm³/mol. The van der Waals surface area contributed by atoms with Gasteiger partial charge < -0.3 is 15.1 Å². The van der Waals surface area contributed by atoms with Crippen LogP contribution in [0, 0.1) is 5.82 Å². The number of nitrogens with one attached hydrogen (secondary N) is 1. The van der Waals surface area contributed by atoms with E-state index in [1.54, 1.807) is 18.2 Å². The van der Waals surface area contributed by atoms with Crippen molar-refractivity contribution < 1.29 is 22.4 Å². The molecule has 136 valence electrons. The van der Waals surface area contributed by atoms with Crippen molar-refractivity contribution in [1.29, 1.82) is 0 Å². The SMILES string of the molecule is CC(=O)N1CCN(C(=O)NCc2ccccc2F)[C@@H]2CS(=O)(=O)C[C@@H]21.